The molecule has 0 radical (unpaired) electrons. The van der Waals surface area contributed by atoms with E-state index in [1.807, 2.05) is 17.7 Å². The Labute approximate surface area is 152 Å². The zero-order chi connectivity index (χ0) is 19.6. The molecule has 4 aromatic rings. The molecule has 1 heteroatoms. The van der Waals surface area contributed by atoms with Crippen molar-refractivity contribution in [3.05, 3.63) is 78.0 Å². The maximum absolute atomic E-state index is 7.70. The molecule has 5 rings (SSSR count). The fraction of sp³-hybridized carbons (Fsp3) is 0.125. The minimum absolute atomic E-state index is 0.356. The Bertz CT molecular complexity index is 1270. The number of benzene rings is 3. The molecule has 3 aromatic carbocycles. The molecule has 0 aliphatic heterocycles. The molecule has 0 saturated carbocycles. The number of nitrogens with zero attached hydrogens (tertiary/aromatic N) is 1. The summed E-state index contributed by atoms with van der Waals surface area (Å²) in [6.45, 7) is 0.0296. The van der Waals surface area contributed by atoms with Crippen LogP contribution in [0.15, 0.2) is 66.9 Å². The second-order valence-corrected chi connectivity index (χ2v) is 6.81. The normalized spacial score (nSPS) is 14.1. The van der Waals surface area contributed by atoms with Crippen LogP contribution in [0.3, 0.4) is 0 Å². The summed E-state index contributed by atoms with van der Waals surface area (Å²) >= 11 is 0. The number of aryl methyl sites for hydroxylation is 3. The molecule has 0 spiro atoms. The van der Waals surface area contributed by atoms with E-state index >= 15 is 0 Å². The number of hydrogen-bond acceptors (Lipinski definition) is 0. The predicted molar refractivity (Wildman–Crippen MR) is 104 cm³/mol. The van der Waals surface area contributed by atoms with Gasteiger partial charge in [0.25, 0.3) is 0 Å². The molecule has 0 bridgehead atoms. The highest BCUT2D eigenvalue weighted by atomic mass is 14.9. The van der Waals surface area contributed by atoms with E-state index in [-0.39, 0.29) is 0 Å². The van der Waals surface area contributed by atoms with Gasteiger partial charge in [-0.3, -0.25) is 0 Å². The van der Waals surface area contributed by atoms with Crippen LogP contribution in [0.5, 0.6) is 0 Å². The topological polar surface area (TPSA) is 3.88 Å². The van der Waals surface area contributed by atoms with Crippen LogP contribution in [0, 0.1) is 13.8 Å². The summed E-state index contributed by atoms with van der Waals surface area (Å²) < 4.78 is 25.0. The molecule has 0 saturated heterocycles. The average Bonchev–Trinajstić information content (AvgIpc) is 2.98. The maximum Gasteiger partial charge on any atom is 0.213 e. The average molecular weight is 325 g/mol. The maximum atomic E-state index is 7.70. The monoisotopic (exact) mass is 325 g/mol. The van der Waals surface area contributed by atoms with Gasteiger partial charge in [-0.25, -0.2) is 4.57 Å². The Morgan fingerprint density at radius 3 is 2.44 bits per heavy atom. The second-order valence-electron chi connectivity index (χ2n) is 6.81. The molecule has 1 aromatic heterocycles. The van der Waals surface area contributed by atoms with E-state index in [9.17, 15) is 0 Å². The first-order valence-corrected chi connectivity index (χ1v) is 8.53. The van der Waals surface area contributed by atoms with Crippen LogP contribution in [0.4, 0.5) is 0 Å². The molecular formula is C24H20N+. The molecule has 0 amide bonds. The van der Waals surface area contributed by atoms with E-state index in [1.165, 1.54) is 44.2 Å². The third-order valence-electron chi connectivity index (χ3n) is 5.24. The quantitative estimate of drug-likeness (QED) is 0.353. The fourth-order valence-electron chi connectivity index (χ4n) is 4.22. The van der Waals surface area contributed by atoms with Crippen molar-refractivity contribution in [2.24, 2.45) is 7.05 Å². The summed E-state index contributed by atoms with van der Waals surface area (Å²) in [5.74, 6) is 0. The van der Waals surface area contributed by atoms with Gasteiger partial charge >= 0.3 is 0 Å². The first kappa shape index (κ1) is 11.6. The highest BCUT2D eigenvalue weighted by Gasteiger charge is 2.28. The molecule has 1 nitrogen and oxygen atoms in total. The van der Waals surface area contributed by atoms with Gasteiger partial charge in [-0.15, -0.1) is 0 Å². The molecule has 1 heterocycles. The van der Waals surface area contributed by atoms with Crippen LogP contribution >= 0.6 is 0 Å². The zero-order valence-electron chi connectivity index (χ0n) is 17.3. The highest BCUT2D eigenvalue weighted by molar-refractivity contribution is 6.19. The summed E-state index contributed by atoms with van der Waals surface area (Å²) in [6.07, 6.45) is 1.73. The van der Waals surface area contributed by atoms with Crippen molar-refractivity contribution in [3.63, 3.8) is 0 Å². The summed E-state index contributed by atoms with van der Waals surface area (Å²) in [5.41, 5.74) is 8.76. The number of aromatic nitrogens is 1. The Morgan fingerprint density at radius 1 is 0.840 bits per heavy atom. The molecule has 0 fully saturated rings. The second kappa shape index (κ2) is 5.03. The molecule has 0 atom stereocenters. The lowest BCUT2D eigenvalue weighted by atomic mass is 9.91. The lowest BCUT2D eigenvalue weighted by Crippen LogP contribution is -2.31. The van der Waals surface area contributed by atoms with Crippen molar-refractivity contribution in [3.8, 4) is 33.5 Å². The Balaban J connectivity index is 1.87. The highest BCUT2D eigenvalue weighted by Crippen LogP contribution is 2.51. The van der Waals surface area contributed by atoms with Crippen LogP contribution in [0.25, 0.3) is 44.3 Å². The Morgan fingerprint density at radius 2 is 1.64 bits per heavy atom. The van der Waals surface area contributed by atoms with Crippen molar-refractivity contribution >= 4 is 10.8 Å². The van der Waals surface area contributed by atoms with E-state index in [0.717, 1.165) is 5.69 Å². The number of hydrogen-bond donors (Lipinski definition) is 0. The first-order chi connectivity index (χ1) is 13.4. The van der Waals surface area contributed by atoms with Crippen LogP contribution in [0.1, 0.15) is 15.2 Å². The summed E-state index contributed by atoms with van der Waals surface area (Å²) in [5, 5.41) is 2.52. The summed E-state index contributed by atoms with van der Waals surface area (Å²) in [4.78, 5) is 0. The van der Waals surface area contributed by atoms with Gasteiger partial charge in [-0.05, 0) is 52.9 Å². The van der Waals surface area contributed by atoms with Crippen molar-refractivity contribution in [1.82, 2.24) is 0 Å². The van der Waals surface area contributed by atoms with Crippen LogP contribution < -0.4 is 4.57 Å². The third-order valence-corrected chi connectivity index (χ3v) is 5.24. The number of pyridine rings is 1. The molecule has 0 unspecified atom stereocenters. The van der Waals surface area contributed by atoms with Gasteiger partial charge in [0.2, 0.25) is 5.69 Å². The molecule has 1 aliphatic carbocycles. The Hall–Kier alpha value is -2.93. The van der Waals surface area contributed by atoms with Crippen molar-refractivity contribution in [1.29, 1.82) is 0 Å². The molecule has 1 aliphatic rings. The SMILES string of the molecule is [2H]C([2H])([2H])c1ccc(-c2c(C)cc3cccc4c3c2-c2ccccc2-4)[n+](C)c1. The van der Waals surface area contributed by atoms with Gasteiger partial charge in [0, 0.05) is 21.3 Å². The van der Waals surface area contributed by atoms with Gasteiger partial charge in [0.1, 0.15) is 7.05 Å². The predicted octanol–water partition coefficient (Wildman–Crippen LogP) is 5.60. The third kappa shape index (κ3) is 1.93. The summed E-state index contributed by atoms with van der Waals surface area (Å²) in [6, 6.07) is 20.9. The van der Waals surface area contributed by atoms with Crippen molar-refractivity contribution < 1.29 is 8.68 Å². The van der Waals surface area contributed by atoms with Gasteiger partial charge < -0.3 is 0 Å². The van der Waals surface area contributed by atoms with E-state index < -0.39 is 6.85 Å². The van der Waals surface area contributed by atoms with Crippen molar-refractivity contribution in [2.75, 3.05) is 0 Å². The van der Waals surface area contributed by atoms with Crippen LogP contribution in [0.2, 0.25) is 0 Å². The summed E-state index contributed by atoms with van der Waals surface area (Å²) in [7, 11) is 1.92. The first-order valence-electron chi connectivity index (χ1n) is 10.0. The standard InChI is InChI=1S/C24H20N/c1-15-11-12-21(25(3)14-15)22-16(2)13-17-7-6-10-19-18-8-4-5-9-20(18)24(22)23(17)19/h4-14H,1-3H3/q+1/i1D3. The zero-order valence-corrected chi connectivity index (χ0v) is 14.3. The van der Waals surface area contributed by atoms with Gasteiger partial charge in [0.05, 0.1) is 5.56 Å². The molecular weight excluding hydrogens is 302 g/mol. The van der Waals surface area contributed by atoms with E-state index in [1.54, 1.807) is 12.3 Å². The minimum Gasteiger partial charge on any atom is -0.201 e. The van der Waals surface area contributed by atoms with E-state index in [2.05, 4.69) is 55.5 Å². The van der Waals surface area contributed by atoms with Gasteiger partial charge in [-0.2, -0.15) is 0 Å². The number of fused-ring (bicyclic) bond motifs is 3. The molecule has 25 heavy (non-hydrogen) atoms. The smallest absolute Gasteiger partial charge is 0.201 e. The van der Waals surface area contributed by atoms with Crippen molar-refractivity contribution in [2.45, 2.75) is 13.8 Å². The molecule has 0 N–H and O–H groups in total. The largest absolute Gasteiger partial charge is 0.213 e. The van der Waals surface area contributed by atoms with E-state index in [0.29, 0.717) is 5.56 Å². The Kier molecular flexibility index (Phi) is 2.33. The lowest BCUT2D eigenvalue weighted by molar-refractivity contribution is -0.660. The number of rotatable bonds is 1. The van der Waals surface area contributed by atoms with Crippen LogP contribution in [-0.2, 0) is 7.05 Å². The molecule has 120 valence electrons. The van der Waals surface area contributed by atoms with Crippen LogP contribution in [-0.4, -0.2) is 0 Å². The lowest BCUT2D eigenvalue weighted by Gasteiger charge is -2.13. The van der Waals surface area contributed by atoms with Gasteiger partial charge in [0.15, 0.2) is 6.20 Å². The fourth-order valence-corrected chi connectivity index (χ4v) is 4.22. The van der Waals surface area contributed by atoms with Gasteiger partial charge in [-0.1, -0.05) is 48.5 Å². The van der Waals surface area contributed by atoms with E-state index in [4.69, 9.17) is 4.11 Å². The minimum atomic E-state index is -2.11.